The number of H-pyrrole nitrogens is 1. The van der Waals surface area contributed by atoms with Gasteiger partial charge in [0.25, 0.3) is 0 Å². The Labute approximate surface area is 156 Å². The molecule has 1 fully saturated rings. The number of morpholine rings is 1. The SMILES string of the molecule is c1cncc(-c2cc(N3CCOCC3)nc3c(-c4ccn[nH]4)nccc23)c1. The minimum absolute atomic E-state index is 0.711. The van der Waals surface area contributed by atoms with Crippen molar-refractivity contribution in [2.75, 3.05) is 31.2 Å². The van der Waals surface area contributed by atoms with Gasteiger partial charge in [-0.15, -0.1) is 0 Å². The predicted molar refractivity (Wildman–Crippen MR) is 103 cm³/mol. The van der Waals surface area contributed by atoms with Gasteiger partial charge in [-0.3, -0.25) is 15.1 Å². The number of pyridine rings is 3. The summed E-state index contributed by atoms with van der Waals surface area (Å²) in [5, 5.41) is 8.12. The normalized spacial score (nSPS) is 14.6. The molecule has 0 aromatic carbocycles. The van der Waals surface area contributed by atoms with E-state index in [2.05, 4.69) is 37.2 Å². The second kappa shape index (κ2) is 6.77. The zero-order chi connectivity index (χ0) is 18.1. The Bertz CT molecular complexity index is 1060. The summed E-state index contributed by atoms with van der Waals surface area (Å²) in [4.78, 5) is 16.1. The number of anilines is 1. The molecule has 0 aliphatic carbocycles. The zero-order valence-electron chi connectivity index (χ0n) is 14.7. The van der Waals surface area contributed by atoms with Crippen LogP contribution in [0.5, 0.6) is 0 Å². The van der Waals surface area contributed by atoms with Crippen LogP contribution >= 0.6 is 0 Å². The highest BCUT2D eigenvalue weighted by Crippen LogP contribution is 2.34. The molecule has 27 heavy (non-hydrogen) atoms. The smallest absolute Gasteiger partial charge is 0.130 e. The Morgan fingerprint density at radius 3 is 2.74 bits per heavy atom. The van der Waals surface area contributed by atoms with Gasteiger partial charge in [0.05, 0.1) is 18.9 Å². The number of aromatic amines is 1. The average molecular weight is 358 g/mol. The average Bonchev–Trinajstić information content (AvgIpc) is 3.28. The van der Waals surface area contributed by atoms with Crippen LogP contribution < -0.4 is 4.90 Å². The van der Waals surface area contributed by atoms with Crippen molar-refractivity contribution >= 4 is 16.7 Å². The van der Waals surface area contributed by atoms with Crippen LogP contribution in [0.3, 0.4) is 0 Å². The minimum Gasteiger partial charge on any atom is -0.378 e. The van der Waals surface area contributed by atoms with Crippen LogP contribution in [0.15, 0.2) is 55.1 Å². The van der Waals surface area contributed by atoms with E-state index in [0.717, 1.165) is 52.3 Å². The lowest BCUT2D eigenvalue weighted by molar-refractivity contribution is 0.122. The van der Waals surface area contributed by atoms with Gasteiger partial charge >= 0.3 is 0 Å². The number of nitrogens with zero attached hydrogens (tertiary/aromatic N) is 5. The standard InChI is InChI=1S/C20H18N6O/c1-2-14(13-21-5-1)16-12-18(26-8-10-27-11-9-26)24-19-15(16)3-6-22-20(19)17-4-7-23-25-17/h1-7,12-13H,8-11H2,(H,23,25). The third kappa shape index (κ3) is 2.92. The molecule has 5 heterocycles. The summed E-state index contributed by atoms with van der Waals surface area (Å²) >= 11 is 0. The maximum Gasteiger partial charge on any atom is 0.130 e. The van der Waals surface area contributed by atoms with Crippen LogP contribution in [-0.4, -0.2) is 51.5 Å². The summed E-state index contributed by atoms with van der Waals surface area (Å²) < 4.78 is 5.50. The largest absolute Gasteiger partial charge is 0.378 e. The molecule has 0 saturated carbocycles. The first kappa shape index (κ1) is 15.9. The van der Waals surface area contributed by atoms with E-state index in [-0.39, 0.29) is 0 Å². The Morgan fingerprint density at radius 2 is 1.96 bits per heavy atom. The Kier molecular flexibility index (Phi) is 3.99. The number of hydrogen-bond donors (Lipinski definition) is 1. The van der Waals surface area contributed by atoms with E-state index < -0.39 is 0 Å². The number of hydrogen-bond acceptors (Lipinski definition) is 6. The van der Waals surface area contributed by atoms with E-state index in [1.165, 1.54) is 0 Å². The first-order chi connectivity index (χ1) is 13.4. The number of aromatic nitrogens is 5. The summed E-state index contributed by atoms with van der Waals surface area (Å²) in [6.07, 6.45) is 7.21. The number of rotatable bonds is 3. The van der Waals surface area contributed by atoms with E-state index in [1.807, 2.05) is 30.6 Å². The Balaban J connectivity index is 1.77. The predicted octanol–water partition coefficient (Wildman–Crippen LogP) is 2.92. The number of ether oxygens (including phenoxy) is 1. The summed E-state index contributed by atoms with van der Waals surface area (Å²) in [5.74, 6) is 0.929. The third-order valence-corrected chi connectivity index (χ3v) is 4.78. The lowest BCUT2D eigenvalue weighted by Gasteiger charge is -2.28. The maximum atomic E-state index is 5.50. The van der Waals surface area contributed by atoms with E-state index >= 15 is 0 Å². The molecule has 1 aliphatic rings. The Morgan fingerprint density at radius 1 is 1.04 bits per heavy atom. The van der Waals surface area contributed by atoms with Gasteiger partial charge in [0.1, 0.15) is 17.0 Å². The molecule has 5 rings (SSSR count). The number of fused-ring (bicyclic) bond motifs is 1. The van der Waals surface area contributed by atoms with Crippen molar-refractivity contribution in [3.8, 4) is 22.5 Å². The van der Waals surface area contributed by atoms with Gasteiger partial charge in [-0.1, -0.05) is 6.07 Å². The minimum atomic E-state index is 0.711. The first-order valence-corrected chi connectivity index (χ1v) is 8.93. The van der Waals surface area contributed by atoms with Crippen molar-refractivity contribution < 1.29 is 4.74 Å². The van der Waals surface area contributed by atoms with E-state index in [1.54, 1.807) is 12.4 Å². The molecule has 0 amide bonds. The molecule has 1 saturated heterocycles. The fourth-order valence-electron chi connectivity index (χ4n) is 3.44. The highest BCUT2D eigenvalue weighted by molar-refractivity contribution is 6.01. The van der Waals surface area contributed by atoms with Crippen LogP contribution in [0.4, 0.5) is 5.82 Å². The van der Waals surface area contributed by atoms with E-state index in [4.69, 9.17) is 9.72 Å². The lowest BCUT2D eigenvalue weighted by atomic mass is 10.0. The van der Waals surface area contributed by atoms with Crippen LogP contribution in [0.25, 0.3) is 33.4 Å². The second-order valence-electron chi connectivity index (χ2n) is 6.40. The molecule has 7 heteroatoms. The van der Waals surface area contributed by atoms with Gasteiger partial charge in [0.2, 0.25) is 0 Å². The van der Waals surface area contributed by atoms with Crippen molar-refractivity contribution in [1.29, 1.82) is 0 Å². The topological polar surface area (TPSA) is 79.8 Å². The molecule has 4 aromatic heterocycles. The summed E-state index contributed by atoms with van der Waals surface area (Å²) in [6.45, 7) is 3.07. The van der Waals surface area contributed by atoms with Crippen molar-refractivity contribution in [3.05, 3.63) is 55.1 Å². The van der Waals surface area contributed by atoms with Gasteiger partial charge in [0.15, 0.2) is 0 Å². The maximum absolute atomic E-state index is 5.50. The van der Waals surface area contributed by atoms with Crippen molar-refractivity contribution in [1.82, 2.24) is 25.1 Å². The molecule has 0 atom stereocenters. The molecule has 1 aliphatic heterocycles. The number of nitrogens with one attached hydrogen (secondary N) is 1. The molecule has 1 N–H and O–H groups in total. The lowest BCUT2D eigenvalue weighted by Crippen LogP contribution is -2.36. The van der Waals surface area contributed by atoms with Crippen molar-refractivity contribution in [2.45, 2.75) is 0 Å². The monoisotopic (exact) mass is 358 g/mol. The third-order valence-electron chi connectivity index (χ3n) is 4.78. The fraction of sp³-hybridized carbons (Fsp3) is 0.200. The first-order valence-electron chi connectivity index (χ1n) is 8.93. The molecule has 134 valence electrons. The molecule has 0 bridgehead atoms. The zero-order valence-corrected chi connectivity index (χ0v) is 14.7. The highest BCUT2D eigenvalue weighted by atomic mass is 16.5. The van der Waals surface area contributed by atoms with Gasteiger partial charge < -0.3 is 9.64 Å². The van der Waals surface area contributed by atoms with Gasteiger partial charge in [-0.05, 0) is 29.8 Å². The van der Waals surface area contributed by atoms with Gasteiger partial charge in [-0.2, -0.15) is 5.10 Å². The molecular formula is C20H18N6O. The van der Waals surface area contributed by atoms with E-state index in [0.29, 0.717) is 13.2 Å². The van der Waals surface area contributed by atoms with Crippen molar-refractivity contribution in [3.63, 3.8) is 0 Å². The van der Waals surface area contributed by atoms with Crippen LogP contribution in [0, 0.1) is 0 Å². The molecule has 0 unspecified atom stereocenters. The highest BCUT2D eigenvalue weighted by Gasteiger charge is 2.18. The van der Waals surface area contributed by atoms with Crippen LogP contribution in [0.2, 0.25) is 0 Å². The van der Waals surface area contributed by atoms with Gasteiger partial charge in [-0.25, -0.2) is 4.98 Å². The summed E-state index contributed by atoms with van der Waals surface area (Å²) in [6, 6.07) is 10.1. The Hall–Kier alpha value is -3.32. The molecule has 4 aromatic rings. The van der Waals surface area contributed by atoms with E-state index in [9.17, 15) is 0 Å². The second-order valence-corrected chi connectivity index (χ2v) is 6.40. The van der Waals surface area contributed by atoms with Crippen LogP contribution in [0.1, 0.15) is 0 Å². The van der Waals surface area contributed by atoms with Crippen molar-refractivity contribution in [2.24, 2.45) is 0 Å². The van der Waals surface area contributed by atoms with Gasteiger partial charge in [0, 0.05) is 48.8 Å². The fourth-order valence-corrected chi connectivity index (χ4v) is 3.44. The molecule has 7 nitrogen and oxygen atoms in total. The van der Waals surface area contributed by atoms with Crippen LogP contribution in [-0.2, 0) is 4.74 Å². The quantitative estimate of drug-likeness (QED) is 0.607. The summed E-state index contributed by atoms with van der Waals surface area (Å²) in [5.41, 5.74) is 4.65. The summed E-state index contributed by atoms with van der Waals surface area (Å²) in [7, 11) is 0. The molecular weight excluding hydrogens is 340 g/mol. The molecule has 0 spiro atoms. The molecule has 0 radical (unpaired) electrons.